The fourth-order valence-corrected chi connectivity index (χ4v) is 1.63. The second-order valence-electron chi connectivity index (χ2n) is 3.33. The molecular formula is C8H18N4. The fourth-order valence-electron chi connectivity index (χ4n) is 1.63. The minimum Gasteiger partial charge on any atom is -0.370 e. The summed E-state index contributed by atoms with van der Waals surface area (Å²) < 4.78 is 0. The van der Waals surface area contributed by atoms with Crippen LogP contribution in [0.15, 0.2) is 4.99 Å². The van der Waals surface area contributed by atoms with Crippen LogP contribution in [0.3, 0.4) is 0 Å². The summed E-state index contributed by atoms with van der Waals surface area (Å²) in [6.45, 7) is 5.16. The largest absolute Gasteiger partial charge is 0.370 e. The number of nitrogens with zero attached hydrogens (tertiary/aromatic N) is 2. The molecule has 0 aromatic carbocycles. The van der Waals surface area contributed by atoms with E-state index in [9.17, 15) is 0 Å². The van der Waals surface area contributed by atoms with Crippen molar-refractivity contribution in [2.24, 2.45) is 16.5 Å². The SMILES string of the molecule is CC1CCCN1CCN=C(N)N. The van der Waals surface area contributed by atoms with E-state index < -0.39 is 0 Å². The van der Waals surface area contributed by atoms with Crippen molar-refractivity contribution in [3.8, 4) is 0 Å². The maximum atomic E-state index is 5.22. The van der Waals surface area contributed by atoms with Crippen molar-refractivity contribution in [2.75, 3.05) is 19.6 Å². The van der Waals surface area contributed by atoms with Crippen LogP contribution in [0, 0.1) is 0 Å². The van der Waals surface area contributed by atoms with Gasteiger partial charge in [-0.15, -0.1) is 0 Å². The van der Waals surface area contributed by atoms with Crippen LogP contribution in [0.1, 0.15) is 19.8 Å². The number of rotatable bonds is 3. The molecule has 1 heterocycles. The standard InChI is InChI=1S/C8H18N4/c1-7-3-2-5-12(7)6-4-11-8(9)10/h7H,2-6H2,1H3,(H4,9,10,11). The van der Waals surface area contributed by atoms with Gasteiger partial charge >= 0.3 is 0 Å². The molecule has 4 nitrogen and oxygen atoms in total. The topological polar surface area (TPSA) is 67.6 Å². The van der Waals surface area contributed by atoms with E-state index in [-0.39, 0.29) is 5.96 Å². The second-order valence-corrected chi connectivity index (χ2v) is 3.33. The zero-order chi connectivity index (χ0) is 8.97. The van der Waals surface area contributed by atoms with Gasteiger partial charge in [0.2, 0.25) is 0 Å². The molecule has 4 N–H and O–H groups in total. The maximum Gasteiger partial charge on any atom is 0.185 e. The zero-order valence-corrected chi connectivity index (χ0v) is 7.66. The number of likely N-dealkylation sites (tertiary alicyclic amines) is 1. The molecule has 0 saturated carbocycles. The molecule has 1 saturated heterocycles. The van der Waals surface area contributed by atoms with Gasteiger partial charge in [0, 0.05) is 12.6 Å². The smallest absolute Gasteiger partial charge is 0.185 e. The molecule has 1 aliphatic heterocycles. The van der Waals surface area contributed by atoms with Crippen molar-refractivity contribution in [2.45, 2.75) is 25.8 Å². The summed E-state index contributed by atoms with van der Waals surface area (Å²) in [6.07, 6.45) is 2.62. The van der Waals surface area contributed by atoms with Crippen molar-refractivity contribution in [1.82, 2.24) is 4.90 Å². The van der Waals surface area contributed by atoms with E-state index in [0.717, 1.165) is 13.1 Å². The van der Waals surface area contributed by atoms with Crippen LogP contribution < -0.4 is 11.5 Å². The van der Waals surface area contributed by atoms with Gasteiger partial charge in [0.25, 0.3) is 0 Å². The number of hydrogen-bond acceptors (Lipinski definition) is 2. The lowest BCUT2D eigenvalue weighted by Gasteiger charge is -2.19. The van der Waals surface area contributed by atoms with E-state index in [4.69, 9.17) is 11.5 Å². The Labute approximate surface area is 73.6 Å². The third-order valence-electron chi connectivity index (χ3n) is 2.37. The first-order chi connectivity index (χ1) is 5.70. The summed E-state index contributed by atoms with van der Waals surface area (Å²) in [5, 5.41) is 0. The highest BCUT2D eigenvalue weighted by Gasteiger charge is 2.18. The summed E-state index contributed by atoms with van der Waals surface area (Å²) in [4.78, 5) is 6.38. The van der Waals surface area contributed by atoms with E-state index in [1.165, 1.54) is 19.4 Å². The summed E-state index contributed by atoms with van der Waals surface area (Å²) in [7, 11) is 0. The third kappa shape index (κ3) is 2.70. The molecule has 4 heteroatoms. The Morgan fingerprint density at radius 1 is 1.58 bits per heavy atom. The molecule has 1 fully saturated rings. The molecule has 0 amide bonds. The molecule has 0 radical (unpaired) electrons. The summed E-state index contributed by atoms with van der Waals surface area (Å²) >= 11 is 0. The van der Waals surface area contributed by atoms with Crippen LogP contribution in [0.5, 0.6) is 0 Å². The highest BCUT2D eigenvalue weighted by molar-refractivity contribution is 5.75. The second kappa shape index (κ2) is 4.30. The number of hydrogen-bond donors (Lipinski definition) is 2. The normalized spacial score (nSPS) is 24.2. The van der Waals surface area contributed by atoms with Crippen molar-refractivity contribution in [3.63, 3.8) is 0 Å². The molecule has 1 atom stereocenters. The molecular weight excluding hydrogens is 152 g/mol. The lowest BCUT2D eigenvalue weighted by Crippen LogP contribution is -2.31. The number of guanidine groups is 1. The Balaban J connectivity index is 2.18. The third-order valence-corrected chi connectivity index (χ3v) is 2.37. The molecule has 1 aliphatic rings. The minimum absolute atomic E-state index is 0.196. The molecule has 1 unspecified atom stereocenters. The first kappa shape index (κ1) is 9.32. The van der Waals surface area contributed by atoms with Crippen LogP contribution in [-0.2, 0) is 0 Å². The predicted octanol–water partition coefficient (Wildman–Crippen LogP) is -0.256. The number of nitrogens with two attached hydrogens (primary N) is 2. The molecule has 0 bridgehead atoms. The Hall–Kier alpha value is -0.770. The van der Waals surface area contributed by atoms with E-state index in [0.29, 0.717) is 6.04 Å². The predicted molar refractivity (Wildman–Crippen MR) is 50.9 cm³/mol. The Kier molecular flexibility index (Phi) is 3.34. The lowest BCUT2D eigenvalue weighted by atomic mass is 10.2. The van der Waals surface area contributed by atoms with Gasteiger partial charge in [-0.1, -0.05) is 0 Å². The molecule has 0 aromatic heterocycles. The summed E-state index contributed by atoms with van der Waals surface area (Å²) in [5.74, 6) is 0.196. The number of aliphatic imine (C=N–C) groups is 1. The van der Waals surface area contributed by atoms with Crippen LogP contribution in [0.2, 0.25) is 0 Å². The highest BCUT2D eigenvalue weighted by Crippen LogP contribution is 2.15. The van der Waals surface area contributed by atoms with E-state index in [2.05, 4.69) is 16.8 Å². The fraction of sp³-hybridized carbons (Fsp3) is 0.875. The maximum absolute atomic E-state index is 5.22. The molecule has 0 spiro atoms. The van der Waals surface area contributed by atoms with Crippen molar-refractivity contribution in [1.29, 1.82) is 0 Å². The van der Waals surface area contributed by atoms with E-state index in [1.54, 1.807) is 0 Å². The van der Waals surface area contributed by atoms with Crippen LogP contribution in [0.25, 0.3) is 0 Å². The Bertz CT molecular complexity index is 162. The van der Waals surface area contributed by atoms with Gasteiger partial charge in [0.1, 0.15) is 0 Å². The quantitative estimate of drug-likeness (QED) is 0.453. The first-order valence-electron chi connectivity index (χ1n) is 4.49. The first-order valence-corrected chi connectivity index (χ1v) is 4.49. The van der Waals surface area contributed by atoms with Crippen molar-refractivity contribution < 1.29 is 0 Å². The highest BCUT2D eigenvalue weighted by atomic mass is 15.2. The van der Waals surface area contributed by atoms with Crippen LogP contribution in [0.4, 0.5) is 0 Å². The van der Waals surface area contributed by atoms with Crippen LogP contribution >= 0.6 is 0 Å². The van der Waals surface area contributed by atoms with Gasteiger partial charge in [0.15, 0.2) is 5.96 Å². The van der Waals surface area contributed by atoms with Gasteiger partial charge in [-0.05, 0) is 26.3 Å². The Morgan fingerprint density at radius 2 is 2.33 bits per heavy atom. The average molecular weight is 170 g/mol. The Morgan fingerprint density at radius 3 is 2.83 bits per heavy atom. The van der Waals surface area contributed by atoms with Gasteiger partial charge in [-0.25, -0.2) is 0 Å². The summed E-state index contributed by atoms with van der Waals surface area (Å²) in [6, 6.07) is 0.708. The molecule has 12 heavy (non-hydrogen) atoms. The van der Waals surface area contributed by atoms with E-state index in [1.807, 2.05) is 0 Å². The molecule has 70 valence electrons. The summed E-state index contributed by atoms with van der Waals surface area (Å²) in [5.41, 5.74) is 10.4. The monoisotopic (exact) mass is 170 g/mol. The average Bonchev–Trinajstić information content (AvgIpc) is 2.36. The van der Waals surface area contributed by atoms with Crippen molar-refractivity contribution in [3.05, 3.63) is 0 Å². The van der Waals surface area contributed by atoms with E-state index >= 15 is 0 Å². The molecule has 0 aromatic rings. The van der Waals surface area contributed by atoms with Gasteiger partial charge in [-0.2, -0.15) is 0 Å². The van der Waals surface area contributed by atoms with Crippen LogP contribution in [-0.4, -0.2) is 36.5 Å². The molecule has 1 rings (SSSR count). The minimum atomic E-state index is 0.196. The van der Waals surface area contributed by atoms with Gasteiger partial charge in [-0.3, -0.25) is 9.89 Å². The van der Waals surface area contributed by atoms with Crippen molar-refractivity contribution >= 4 is 5.96 Å². The van der Waals surface area contributed by atoms with Gasteiger partial charge < -0.3 is 11.5 Å². The van der Waals surface area contributed by atoms with Gasteiger partial charge in [0.05, 0.1) is 6.54 Å². The molecule has 0 aliphatic carbocycles. The zero-order valence-electron chi connectivity index (χ0n) is 7.66. The lowest BCUT2D eigenvalue weighted by molar-refractivity contribution is 0.277.